The standard InChI is InChI=1S/C12H16BrNOS/c1-8(7-16-3)14-12(15)10-5-4-6-11(13)9(10)2/h4-6,8H,7H2,1-3H3,(H,14,15). The Morgan fingerprint density at radius 2 is 2.25 bits per heavy atom. The van der Waals surface area contributed by atoms with Gasteiger partial charge in [0.1, 0.15) is 0 Å². The first kappa shape index (κ1) is 13.6. The van der Waals surface area contributed by atoms with E-state index in [0.717, 1.165) is 21.4 Å². The summed E-state index contributed by atoms with van der Waals surface area (Å²) in [5.41, 5.74) is 1.72. The van der Waals surface area contributed by atoms with Crippen LogP contribution in [-0.4, -0.2) is 24.0 Å². The molecule has 0 aliphatic rings. The molecule has 0 saturated carbocycles. The Morgan fingerprint density at radius 1 is 1.56 bits per heavy atom. The van der Waals surface area contributed by atoms with Gasteiger partial charge in [0.15, 0.2) is 0 Å². The third kappa shape index (κ3) is 3.52. The molecule has 88 valence electrons. The van der Waals surface area contributed by atoms with E-state index in [1.165, 1.54) is 0 Å². The summed E-state index contributed by atoms with van der Waals surface area (Å²) in [5, 5.41) is 2.98. The van der Waals surface area contributed by atoms with Gasteiger partial charge in [0.25, 0.3) is 5.91 Å². The second-order valence-corrected chi connectivity index (χ2v) is 5.51. The SMILES string of the molecule is CSCC(C)NC(=O)c1cccc(Br)c1C. The number of hydrogen-bond donors (Lipinski definition) is 1. The van der Waals surface area contributed by atoms with Gasteiger partial charge in [-0.05, 0) is 37.8 Å². The third-order valence-corrected chi connectivity index (χ3v) is 4.00. The minimum atomic E-state index is 0.000324. The van der Waals surface area contributed by atoms with Gasteiger partial charge >= 0.3 is 0 Å². The van der Waals surface area contributed by atoms with Gasteiger partial charge in [0.05, 0.1) is 0 Å². The number of rotatable bonds is 4. The molecular weight excluding hydrogens is 286 g/mol. The van der Waals surface area contributed by atoms with Gasteiger partial charge in [0, 0.05) is 21.8 Å². The van der Waals surface area contributed by atoms with Crippen LogP contribution in [0.2, 0.25) is 0 Å². The molecule has 0 bridgehead atoms. The summed E-state index contributed by atoms with van der Waals surface area (Å²) in [7, 11) is 0. The van der Waals surface area contributed by atoms with E-state index in [1.807, 2.05) is 38.3 Å². The largest absolute Gasteiger partial charge is 0.349 e. The molecule has 0 fully saturated rings. The highest BCUT2D eigenvalue weighted by molar-refractivity contribution is 9.10. The lowest BCUT2D eigenvalue weighted by atomic mass is 10.1. The minimum absolute atomic E-state index is 0.000324. The second kappa shape index (κ2) is 6.30. The van der Waals surface area contributed by atoms with Crippen LogP contribution in [0.15, 0.2) is 22.7 Å². The van der Waals surface area contributed by atoms with Gasteiger partial charge in [0.2, 0.25) is 0 Å². The lowest BCUT2D eigenvalue weighted by molar-refractivity contribution is 0.0943. The first-order valence-electron chi connectivity index (χ1n) is 5.11. The van der Waals surface area contributed by atoms with Crippen LogP contribution >= 0.6 is 27.7 Å². The van der Waals surface area contributed by atoms with Crippen LogP contribution in [0.1, 0.15) is 22.8 Å². The zero-order valence-corrected chi connectivity index (χ0v) is 12.1. The molecule has 1 atom stereocenters. The van der Waals surface area contributed by atoms with Crippen LogP contribution < -0.4 is 5.32 Å². The highest BCUT2D eigenvalue weighted by atomic mass is 79.9. The number of thioether (sulfide) groups is 1. The molecule has 0 radical (unpaired) electrons. The molecule has 1 aromatic rings. The summed E-state index contributed by atoms with van der Waals surface area (Å²) in [6.45, 7) is 3.96. The number of amides is 1. The zero-order chi connectivity index (χ0) is 12.1. The van der Waals surface area contributed by atoms with Gasteiger partial charge in [-0.3, -0.25) is 4.79 Å². The fourth-order valence-corrected chi connectivity index (χ4v) is 2.40. The minimum Gasteiger partial charge on any atom is -0.349 e. The first-order chi connectivity index (χ1) is 7.56. The Balaban J connectivity index is 2.77. The summed E-state index contributed by atoms with van der Waals surface area (Å²) in [6, 6.07) is 5.87. The zero-order valence-electron chi connectivity index (χ0n) is 9.71. The smallest absolute Gasteiger partial charge is 0.251 e. The predicted octanol–water partition coefficient (Wildman–Crippen LogP) is 3.24. The molecule has 0 aliphatic carbocycles. The van der Waals surface area contributed by atoms with Gasteiger partial charge < -0.3 is 5.32 Å². The molecule has 0 aliphatic heterocycles. The van der Waals surface area contributed by atoms with Crippen molar-refractivity contribution in [2.24, 2.45) is 0 Å². The predicted molar refractivity (Wildman–Crippen MR) is 74.2 cm³/mol. The maximum Gasteiger partial charge on any atom is 0.251 e. The molecule has 1 aromatic carbocycles. The molecule has 0 saturated heterocycles. The van der Waals surface area contributed by atoms with E-state index in [-0.39, 0.29) is 11.9 Å². The molecular formula is C12H16BrNOS. The quantitative estimate of drug-likeness (QED) is 0.925. The average Bonchev–Trinajstić information content (AvgIpc) is 2.22. The van der Waals surface area contributed by atoms with E-state index in [0.29, 0.717) is 0 Å². The van der Waals surface area contributed by atoms with Crippen molar-refractivity contribution < 1.29 is 4.79 Å². The number of nitrogens with one attached hydrogen (secondary N) is 1. The van der Waals surface area contributed by atoms with Gasteiger partial charge in [-0.15, -0.1) is 0 Å². The number of hydrogen-bond acceptors (Lipinski definition) is 2. The van der Waals surface area contributed by atoms with Crippen LogP contribution in [0.3, 0.4) is 0 Å². The molecule has 1 rings (SSSR count). The fraction of sp³-hybridized carbons (Fsp3) is 0.417. The molecule has 4 heteroatoms. The van der Waals surface area contributed by atoms with Crippen molar-refractivity contribution in [2.75, 3.05) is 12.0 Å². The van der Waals surface area contributed by atoms with E-state index in [9.17, 15) is 4.79 Å². The Bertz CT molecular complexity index is 381. The van der Waals surface area contributed by atoms with Crippen molar-refractivity contribution in [2.45, 2.75) is 19.9 Å². The molecule has 1 N–H and O–H groups in total. The van der Waals surface area contributed by atoms with Crippen LogP contribution in [0.4, 0.5) is 0 Å². The summed E-state index contributed by atoms with van der Waals surface area (Å²) in [6.07, 6.45) is 2.03. The second-order valence-electron chi connectivity index (χ2n) is 3.74. The van der Waals surface area contributed by atoms with Crippen molar-refractivity contribution >= 4 is 33.6 Å². The topological polar surface area (TPSA) is 29.1 Å². The van der Waals surface area contributed by atoms with E-state index >= 15 is 0 Å². The van der Waals surface area contributed by atoms with E-state index in [2.05, 4.69) is 21.2 Å². The van der Waals surface area contributed by atoms with Crippen LogP contribution in [0.5, 0.6) is 0 Å². The molecule has 1 amide bonds. The van der Waals surface area contributed by atoms with Crippen molar-refractivity contribution in [1.82, 2.24) is 5.32 Å². The maximum absolute atomic E-state index is 12.0. The van der Waals surface area contributed by atoms with E-state index in [4.69, 9.17) is 0 Å². The first-order valence-corrected chi connectivity index (χ1v) is 7.30. The van der Waals surface area contributed by atoms with Gasteiger partial charge in [-0.25, -0.2) is 0 Å². The molecule has 16 heavy (non-hydrogen) atoms. The van der Waals surface area contributed by atoms with Crippen molar-refractivity contribution in [1.29, 1.82) is 0 Å². The van der Waals surface area contributed by atoms with Gasteiger partial charge in [-0.2, -0.15) is 11.8 Å². The van der Waals surface area contributed by atoms with Crippen LogP contribution in [0.25, 0.3) is 0 Å². The van der Waals surface area contributed by atoms with Crippen LogP contribution in [-0.2, 0) is 0 Å². The van der Waals surface area contributed by atoms with Gasteiger partial charge in [-0.1, -0.05) is 22.0 Å². The summed E-state index contributed by atoms with van der Waals surface area (Å²) >= 11 is 5.16. The highest BCUT2D eigenvalue weighted by Gasteiger charge is 2.12. The summed E-state index contributed by atoms with van der Waals surface area (Å²) < 4.78 is 0.970. The number of benzene rings is 1. The maximum atomic E-state index is 12.0. The number of halogens is 1. The number of carbonyl (C=O) groups is 1. The Morgan fingerprint density at radius 3 is 2.88 bits per heavy atom. The number of carbonyl (C=O) groups excluding carboxylic acids is 1. The Labute approximate surface area is 109 Å². The van der Waals surface area contributed by atoms with Crippen molar-refractivity contribution in [3.63, 3.8) is 0 Å². The van der Waals surface area contributed by atoms with Crippen LogP contribution in [0, 0.1) is 6.92 Å². The average molecular weight is 302 g/mol. The lowest BCUT2D eigenvalue weighted by Crippen LogP contribution is -2.34. The van der Waals surface area contributed by atoms with E-state index in [1.54, 1.807) is 11.8 Å². The monoisotopic (exact) mass is 301 g/mol. The Hall–Kier alpha value is -0.480. The van der Waals surface area contributed by atoms with Crippen molar-refractivity contribution in [3.05, 3.63) is 33.8 Å². The summed E-state index contributed by atoms with van der Waals surface area (Å²) in [5.74, 6) is 0.930. The molecule has 2 nitrogen and oxygen atoms in total. The third-order valence-electron chi connectivity index (χ3n) is 2.31. The molecule has 0 aromatic heterocycles. The highest BCUT2D eigenvalue weighted by Crippen LogP contribution is 2.19. The fourth-order valence-electron chi connectivity index (χ4n) is 1.45. The van der Waals surface area contributed by atoms with E-state index < -0.39 is 0 Å². The Kier molecular flexibility index (Phi) is 5.35. The molecule has 0 spiro atoms. The lowest BCUT2D eigenvalue weighted by Gasteiger charge is -2.14. The van der Waals surface area contributed by atoms with Crippen molar-refractivity contribution in [3.8, 4) is 0 Å². The normalized spacial score (nSPS) is 12.2. The molecule has 0 heterocycles. The molecule has 1 unspecified atom stereocenters. The summed E-state index contributed by atoms with van der Waals surface area (Å²) in [4.78, 5) is 12.0.